The molecule has 2 N–H and O–H groups in total. The van der Waals surface area contributed by atoms with Crippen LogP contribution >= 0.6 is 0 Å². The summed E-state index contributed by atoms with van der Waals surface area (Å²) in [6.45, 7) is 2.43. The summed E-state index contributed by atoms with van der Waals surface area (Å²) in [7, 11) is 6.49. The third-order valence-electron chi connectivity index (χ3n) is 5.33. The topological polar surface area (TPSA) is 49.3 Å². The lowest BCUT2D eigenvalue weighted by molar-refractivity contribution is -0.898. The summed E-state index contributed by atoms with van der Waals surface area (Å²) in [5.41, 5.74) is 1.79. The number of rotatable bonds is 8. The summed E-state index contributed by atoms with van der Waals surface area (Å²) < 4.78 is 0.719. The van der Waals surface area contributed by atoms with Gasteiger partial charge in [0, 0.05) is 13.0 Å². The Kier molecular flexibility index (Phi) is 8.66. The number of carbonyl (C=O) groups excluding carboxylic acids is 1. The van der Waals surface area contributed by atoms with Crippen LogP contribution in [0.1, 0.15) is 24.5 Å². The molecule has 0 radical (unpaired) electrons. The first-order valence-corrected chi connectivity index (χ1v) is 9.12. The van der Waals surface area contributed by atoms with Crippen LogP contribution in [0.25, 0.3) is 0 Å². The van der Waals surface area contributed by atoms with Crippen LogP contribution in [-0.2, 0) is 10.2 Å². The highest BCUT2D eigenvalue weighted by atomic mass is 79.9. The summed E-state index contributed by atoms with van der Waals surface area (Å²) in [6.07, 6.45) is 0.331. The second kappa shape index (κ2) is 10.0. The standard InChI is InChI=1S/C22H30N2O2.BrH/c1-18(24(2,3)4)22(17-21(26)23-15-16-25,19-11-7-5-8-12-19)20-13-9-6-10-14-20;/h5-14,18,25H,15-17H2,1-4H3;1H. The van der Waals surface area contributed by atoms with Crippen molar-refractivity contribution in [1.29, 1.82) is 0 Å². The minimum absolute atomic E-state index is 0. The molecule has 5 heteroatoms. The lowest BCUT2D eigenvalue weighted by Gasteiger charge is -2.46. The van der Waals surface area contributed by atoms with E-state index in [1.165, 1.54) is 0 Å². The Bertz CT molecular complexity index is 660. The number of carbonyl (C=O) groups is 1. The largest absolute Gasteiger partial charge is 1.00 e. The zero-order valence-corrected chi connectivity index (χ0v) is 18.2. The lowest BCUT2D eigenvalue weighted by atomic mass is 9.66. The smallest absolute Gasteiger partial charge is 0.221 e. The summed E-state index contributed by atoms with van der Waals surface area (Å²) >= 11 is 0. The Hall–Kier alpha value is -1.69. The molecule has 148 valence electrons. The van der Waals surface area contributed by atoms with Crippen LogP contribution in [0.2, 0.25) is 0 Å². The van der Waals surface area contributed by atoms with E-state index in [1.54, 1.807) is 0 Å². The summed E-state index contributed by atoms with van der Waals surface area (Å²) in [5.74, 6) is -0.0490. The molecule has 1 amide bonds. The van der Waals surface area contributed by atoms with Gasteiger partial charge in [0.05, 0.1) is 39.2 Å². The molecule has 0 fully saturated rings. The number of hydrogen-bond donors (Lipinski definition) is 2. The Morgan fingerprint density at radius 3 is 1.81 bits per heavy atom. The zero-order chi connectivity index (χ0) is 19.2. The second-order valence-corrected chi connectivity index (χ2v) is 7.75. The Labute approximate surface area is 173 Å². The lowest BCUT2D eigenvalue weighted by Crippen LogP contribution is -3.00. The Morgan fingerprint density at radius 1 is 1.00 bits per heavy atom. The molecule has 0 heterocycles. The summed E-state index contributed by atoms with van der Waals surface area (Å²) in [4.78, 5) is 12.8. The molecule has 2 aromatic rings. The average Bonchev–Trinajstić information content (AvgIpc) is 2.64. The van der Waals surface area contributed by atoms with Crippen LogP contribution in [0.4, 0.5) is 0 Å². The van der Waals surface area contributed by atoms with Gasteiger partial charge in [-0.2, -0.15) is 0 Å². The number of amides is 1. The number of nitrogens with zero attached hydrogens (tertiary/aromatic N) is 1. The van der Waals surface area contributed by atoms with Crippen molar-refractivity contribution < 1.29 is 31.4 Å². The third kappa shape index (κ3) is 5.41. The molecule has 0 bridgehead atoms. The van der Waals surface area contributed by atoms with E-state index in [-0.39, 0.29) is 42.1 Å². The van der Waals surface area contributed by atoms with Crippen LogP contribution in [0, 0.1) is 0 Å². The van der Waals surface area contributed by atoms with Crippen LogP contribution in [0.3, 0.4) is 0 Å². The van der Waals surface area contributed by atoms with Gasteiger partial charge in [0.15, 0.2) is 0 Å². The fraction of sp³-hybridized carbons (Fsp3) is 0.409. The minimum atomic E-state index is -0.472. The quantitative estimate of drug-likeness (QED) is 0.553. The first-order valence-electron chi connectivity index (χ1n) is 9.12. The molecule has 4 nitrogen and oxygen atoms in total. The number of likely N-dealkylation sites (N-methyl/N-ethyl adjacent to an activating group) is 1. The molecule has 1 unspecified atom stereocenters. The monoisotopic (exact) mass is 434 g/mol. The van der Waals surface area contributed by atoms with Crippen molar-refractivity contribution in [3.05, 3.63) is 71.8 Å². The van der Waals surface area contributed by atoms with Gasteiger partial charge in [-0.1, -0.05) is 60.7 Å². The third-order valence-corrected chi connectivity index (χ3v) is 5.33. The van der Waals surface area contributed by atoms with E-state index in [0.717, 1.165) is 15.6 Å². The van der Waals surface area contributed by atoms with Crippen molar-refractivity contribution in [2.24, 2.45) is 0 Å². The van der Waals surface area contributed by atoms with E-state index in [1.807, 2.05) is 36.4 Å². The van der Waals surface area contributed by atoms with Gasteiger partial charge in [0.1, 0.15) is 0 Å². The van der Waals surface area contributed by atoms with E-state index in [4.69, 9.17) is 5.11 Å². The molecule has 1 atom stereocenters. The summed E-state index contributed by atoms with van der Waals surface area (Å²) in [6, 6.07) is 20.7. The number of aliphatic hydroxyl groups excluding tert-OH is 1. The molecule has 0 saturated carbocycles. The molecular formula is C22H31BrN2O2. The van der Waals surface area contributed by atoms with Crippen LogP contribution in [0.5, 0.6) is 0 Å². The highest BCUT2D eigenvalue weighted by molar-refractivity contribution is 5.78. The first kappa shape index (κ1) is 23.3. The molecule has 0 aromatic heterocycles. The van der Waals surface area contributed by atoms with Gasteiger partial charge in [-0.25, -0.2) is 0 Å². The predicted octanol–water partition coefficient (Wildman–Crippen LogP) is -0.430. The van der Waals surface area contributed by atoms with Crippen molar-refractivity contribution in [1.82, 2.24) is 5.32 Å². The number of benzene rings is 2. The highest BCUT2D eigenvalue weighted by Crippen LogP contribution is 2.42. The van der Waals surface area contributed by atoms with E-state index in [0.29, 0.717) is 6.42 Å². The second-order valence-electron chi connectivity index (χ2n) is 7.75. The van der Waals surface area contributed by atoms with Gasteiger partial charge in [-0.3, -0.25) is 4.79 Å². The highest BCUT2D eigenvalue weighted by Gasteiger charge is 2.47. The maximum Gasteiger partial charge on any atom is 0.221 e. The summed E-state index contributed by atoms with van der Waals surface area (Å²) in [5, 5.41) is 11.9. The van der Waals surface area contributed by atoms with Gasteiger partial charge < -0.3 is 31.9 Å². The normalized spacial score (nSPS) is 12.8. The van der Waals surface area contributed by atoms with Crippen LogP contribution in [-0.4, -0.2) is 55.8 Å². The molecule has 2 aromatic carbocycles. The Balaban J connectivity index is 0.00000364. The van der Waals surface area contributed by atoms with E-state index >= 15 is 0 Å². The van der Waals surface area contributed by atoms with Crippen LogP contribution in [0.15, 0.2) is 60.7 Å². The first-order chi connectivity index (χ1) is 12.3. The maximum absolute atomic E-state index is 12.8. The molecule has 0 aliphatic heterocycles. The van der Waals surface area contributed by atoms with Gasteiger partial charge in [-0.15, -0.1) is 0 Å². The fourth-order valence-electron chi connectivity index (χ4n) is 3.64. The molecule has 27 heavy (non-hydrogen) atoms. The van der Waals surface area contributed by atoms with Crippen LogP contribution < -0.4 is 22.3 Å². The molecule has 0 spiro atoms. The van der Waals surface area contributed by atoms with Gasteiger partial charge >= 0.3 is 0 Å². The number of quaternary nitrogens is 1. The zero-order valence-electron chi connectivity index (χ0n) is 16.7. The molecule has 0 saturated heterocycles. The van der Waals surface area contributed by atoms with Gasteiger partial charge in [0.2, 0.25) is 5.91 Å². The van der Waals surface area contributed by atoms with Crippen molar-refractivity contribution >= 4 is 5.91 Å². The van der Waals surface area contributed by atoms with Gasteiger partial charge in [0.25, 0.3) is 0 Å². The average molecular weight is 435 g/mol. The number of nitrogens with one attached hydrogen (secondary N) is 1. The molecule has 2 rings (SSSR count). The van der Waals surface area contributed by atoms with Crippen molar-refractivity contribution in [2.45, 2.75) is 24.8 Å². The minimum Gasteiger partial charge on any atom is -1.00 e. The SMILES string of the molecule is CC(C(CC(=O)NCCO)(c1ccccc1)c1ccccc1)[N+](C)(C)C.[Br-]. The predicted molar refractivity (Wildman–Crippen MR) is 106 cm³/mol. The maximum atomic E-state index is 12.8. The Morgan fingerprint density at radius 2 is 1.44 bits per heavy atom. The van der Waals surface area contributed by atoms with E-state index in [2.05, 4.69) is 57.6 Å². The van der Waals surface area contributed by atoms with Crippen molar-refractivity contribution in [2.75, 3.05) is 34.3 Å². The fourth-order valence-corrected chi connectivity index (χ4v) is 3.64. The number of hydrogen-bond acceptors (Lipinski definition) is 2. The number of aliphatic hydroxyl groups is 1. The molecule has 0 aliphatic carbocycles. The van der Waals surface area contributed by atoms with E-state index in [9.17, 15) is 4.79 Å². The van der Waals surface area contributed by atoms with Crippen molar-refractivity contribution in [3.8, 4) is 0 Å². The van der Waals surface area contributed by atoms with E-state index < -0.39 is 5.41 Å². The number of halogens is 1. The van der Waals surface area contributed by atoms with Gasteiger partial charge in [-0.05, 0) is 18.1 Å². The molecule has 0 aliphatic rings. The molecular weight excluding hydrogens is 404 g/mol. The van der Waals surface area contributed by atoms with Crippen molar-refractivity contribution in [3.63, 3.8) is 0 Å².